The Balaban J connectivity index is 1.95. The van der Waals surface area contributed by atoms with Gasteiger partial charge in [-0.1, -0.05) is 12.1 Å². The number of nitrogens with zero attached hydrogens (tertiary/aromatic N) is 2. The van der Waals surface area contributed by atoms with E-state index in [0.717, 1.165) is 29.0 Å². The van der Waals surface area contributed by atoms with Crippen molar-refractivity contribution in [3.63, 3.8) is 0 Å². The lowest BCUT2D eigenvalue weighted by atomic mass is 10.1. The first-order chi connectivity index (χ1) is 9.70. The fraction of sp³-hybridized carbons (Fsp3) is 0.312. The summed E-state index contributed by atoms with van der Waals surface area (Å²) in [6.07, 6.45) is 2.54. The number of aromatic nitrogens is 2. The highest BCUT2D eigenvalue weighted by atomic mass is 16.3. The van der Waals surface area contributed by atoms with Crippen molar-refractivity contribution >= 4 is 11.0 Å². The molecule has 1 N–H and O–H groups in total. The van der Waals surface area contributed by atoms with E-state index < -0.39 is 0 Å². The second-order valence-electron chi connectivity index (χ2n) is 5.09. The highest BCUT2D eigenvalue weighted by molar-refractivity contribution is 5.75. The Hall–Kier alpha value is -2.07. The van der Waals surface area contributed by atoms with Crippen LogP contribution in [-0.2, 0) is 13.5 Å². The van der Waals surface area contributed by atoms with Crippen LogP contribution < -0.4 is 5.32 Å². The average Bonchev–Trinajstić information content (AvgIpc) is 3.01. The van der Waals surface area contributed by atoms with E-state index in [4.69, 9.17) is 9.40 Å². The molecule has 0 amide bonds. The molecule has 20 heavy (non-hydrogen) atoms. The van der Waals surface area contributed by atoms with Crippen LogP contribution in [-0.4, -0.2) is 16.6 Å². The molecule has 0 bridgehead atoms. The summed E-state index contributed by atoms with van der Waals surface area (Å²) in [5.74, 6) is 2.04. The maximum atomic E-state index is 5.60. The molecule has 3 aromatic rings. The molecule has 1 aromatic carbocycles. The predicted octanol–water partition coefficient (Wildman–Crippen LogP) is 2.98. The predicted molar refractivity (Wildman–Crippen MR) is 79.7 cm³/mol. The van der Waals surface area contributed by atoms with Gasteiger partial charge in [0.15, 0.2) is 0 Å². The smallest absolute Gasteiger partial charge is 0.124 e. The third-order valence-electron chi connectivity index (χ3n) is 3.83. The number of rotatable bonds is 4. The van der Waals surface area contributed by atoms with E-state index in [0.29, 0.717) is 0 Å². The summed E-state index contributed by atoms with van der Waals surface area (Å²) >= 11 is 0. The van der Waals surface area contributed by atoms with Crippen molar-refractivity contribution in [1.29, 1.82) is 0 Å². The lowest BCUT2D eigenvalue weighted by Crippen LogP contribution is -2.20. The number of hydrogen-bond donors (Lipinski definition) is 1. The van der Waals surface area contributed by atoms with E-state index >= 15 is 0 Å². The van der Waals surface area contributed by atoms with Crippen molar-refractivity contribution in [1.82, 2.24) is 14.9 Å². The number of imidazole rings is 1. The first-order valence-electron chi connectivity index (χ1n) is 6.82. The van der Waals surface area contributed by atoms with Crippen molar-refractivity contribution in [3.05, 3.63) is 53.7 Å². The summed E-state index contributed by atoms with van der Waals surface area (Å²) in [5.41, 5.74) is 3.37. The molecule has 1 unspecified atom stereocenters. The SMILES string of the molecule is CNC(Cc1nc2ccccc2n1C)c1occc1C. The largest absolute Gasteiger partial charge is 0.467 e. The highest BCUT2D eigenvalue weighted by Crippen LogP contribution is 2.23. The monoisotopic (exact) mass is 269 g/mol. The van der Waals surface area contributed by atoms with Gasteiger partial charge < -0.3 is 14.3 Å². The second-order valence-corrected chi connectivity index (χ2v) is 5.09. The van der Waals surface area contributed by atoms with E-state index in [2.05, 4.69) is 29.9 Å². The minimum Gasteiger partial charge on any atom is -0.467 e. The van der Waals surface area contributed by atoms with Gasteiger partial charge in [-0.25, -0.2) is 4.98 Å². The number of likely N-dealkylation sites (N-methyl/N-ethyl adjacent to an activating group) is 1. The molecule has 0 fully saturated rings. The quantitative estimate of drug-likeness (QED) is 0.792. The van der Waals surface area contributed by atoms with Gasteiger partial charge in [-0.2, -0.15) is 0 Å². The van der Waals surface area contributed by atoms with Gasteiger partial charge in [-0.15, -0.1) is 0 Å². The first kappa shape index (κ1) is 12.9. The molecule has 2 heterocycles. The number of hydrogen-bond acceptors (Lipinski definition) is 3. The van der Waals surface area contributed by atoms with Crippen molar-refractivity contribution < 1.29 is 4.42 Å². The van der Waals surface area contributed by atoms with Crippen molar-refractivity contribution in [2.24, 2.45) is 7.05 Å². The molecule has 2 aromatic heterocycles. The Labute approximate surface area is 118 Å². The van der Waals surface area contributed by atoms with Gasteiger partial charge in [0.2, 0.25) is 0 Å². The van der Waals surface area contributed by atoms with Gasteiger partial charge in [0.05, 0.1) is 23.3 Å². The van der Waals surface area contributed by atoms with E-state index in [-0.39, 0.29) is 6.04 Å². The Morgan fingerprint density at radius 3 is 2.75 bits per heavy atom. The van der Waals surface area contributed by atoms with Crippen LogP contribution in [0.1, 0.15) is 23.2 Å². The fourth-order valence-electron chi connectivity index (χ4n) is 2.63. The Kier molecular flexibility index (Phi) is 3.32. The molecule has 0 aliphatic carbocycles. The minimum absolute atomic E-state index is 0.139. The normalized spacial score (nSPS) is 12.9. The number of furan rings is 1. The first-order valence-corrected chi connectivity index (χ1v) is 6.82. The van der Waals surface area contributed by atoms with Crippen LogP contribution in [0.15, 0.2) is 41.0 Å². The molecule has 0 aliphatic rings. The van der Waals surface area contributed by atoms with Crippen LogP contribution in [0, 0.1) is 6.92 Å². The van der Waals surface area contributed by atoms with Crippen LogP contribution >= 0.6 is 0 Å². The zero-order valence-electron chi connectivity index (χ0n) is 12.1. The van der Waals surface area contributed by atoms with Crippen LogP contribution in [0.4, 0.5) is 0 Å². The van der Waals surface area contributed by atoms with Gasteiger partial charge in [-0.3, -0.25) is 0 Å². The Morgan fingerprint density at radius 1 is 1.30 bits per heavy atom. The molecular formula is C16H19N3O. The number of para-hydroxylation sites is 2. The maximum absolute atomic E-state index is 5.60. The Morgan fingerprint density at radius 2 is 2.10 bits per heavy atom. The highest BCUT2D eigenvalue weighted by Gasteiger charge is 2.19. The maximum Gasteiger partial charge on any atom is 0.124 e. The summed E-state index contributed by atoms with van der Waals surface area (Å²) in [7, 11) is 4.02. The van der Waals surface area contributed by atoms with Crippen molar-refractivity contribution in [3.8, 4) is 0 Å². The zero-order valence-corrected chi connectivity index (χ0v) is 12.1. The summed E-state index contributed by atoms with van der Waals surface area (Å²) in [4.78, 5) is 4.72. The van der Waals surface area contributed by atoms with Crippen molar-refractivity contribution in [2.75, 3.05) is 7.05 Å². The third kappa shape index (κ3) is 2.12. The van der Waals surface area contributed by atoms with Crippen LogP contribution in [0.3, 0.4) is 0 Å². The molecule has 4 heteroatoms. The van der Waals surface area contributed by atoms with Crippen LogP contribution in [0.25, 0.3) is 11.0 Å². The number of aryl methyl sites for hydroxylation is 2. The molecule has 0 aliphatic heterocycles. The summed E-state index contributed by atoms with van der Waals surface area (Å²) < 4.78 is 7.75. The molecule has 0 saturated carbocycles. The van der Waals surface area contributed by atoms with Gasteiger partial charge in [0, 0.05) is 13.5 Å². The molecule has 3 rings (SSSR count). The van der Waals surface area contributed by atoms with Gasteiger partial charge in [-0.05, 0) is 37.7 Å². The van der Waals surface area contributed by atoms with Crippen LogP contribution in [0.2, 0.25) is 0 Å². The molecule has 104 valence electrons. The summed E-state index contributed by atoms with van der Waals surface area (Å²) in [6, 6.07) is 10.3. The molecule has 1 atom stereocenters. The van der Waals surface area contributed by atoms with E-state index in [9.17, 15) is 0 Å². The van der Waals surface area contributed by atoms with Gasteiger partial charge in [0.1, 0.15) is 11.6 Å². The third-order valence-corrected chi connectivity index (χ3v) is 3.83. The molecular weight excluding hydrogens is 250 g/mol. The molecule has 0 saturated heterocycles. The number of fused-ring (bicyclic) bond motifs is 1. The van der Waals surface area contributed by atoms with E-state index in [1.54, 1.807) is 6.26 Å². The Bertz CT molecular complexity index is 726. The van der Waals surface area contributed by atoms with Crippen LogP contribution in [0.5, 0.6) is 0 Å². The summed E-state index contributed by atoms with van der Waals surface area (Å²) in [5, 5.41) is 3.32. The molecule has 0 radical (unpaired) electrons. The average molecular weight is 269 g/mol. The number of benzene rings is 1. The standard InChI is InChI=1S/C16H19N3O/c1-11-8-9-20-16(11)13(17-2)10-15-18-12-6-4-5-7-14(12)19(15)3/h4-9,13,17H,10H2,1-3H3. The zero-order chi connectivity index (χ0) is 14.1. The molecule has 0 spiro atoms. The fourth-order valence-corrected chi connectivity index (χ4v) is 2.63. The van der Waals surface area contributed by atoms with Crippen molar-refractivity contribution in [2.45, 2.75) is 19.4 Å². The van der Waals surface area contributed by atoms with Gasteiger partial charge in [0.25, 0.3) is 0 Å². The second kappa shape index (κ2) is 5.13. The lowest BCUT2D eigenvalue weighted by Gasteiger charge is -2.14. The van der Waals surface area contributed by atoms with E-state index in [1.807, 2.05) is 31.3 Å². The minimum atomic E-state index is 0.139. The topological polar surface area (TPSA) is 43.0 Å². The van der Waals surface area contributed by atoms with Gasteiger partial charge >= 0.3 is 0 Å². The van der Waals surface area contributed by atoms with E-state index in [1.165, 1.54) is 5.56 Å². The molecule has 4 nitrogen and oxygen atoms in total. The lowest BCUT2D eigenvalue weighted by molar-refractivity contribution is 0.420. The summed E-state index contributed by atoms with van der Waals surface area (Å²) in [6.45, 7) is 2.07. The number of nitrogens with one attached hydrogen (secondary N) is 1.